The third-order valence-electron chi connectivity index (χ3n) is 5.03. The molecular formula is C13H20. The van der Waals surface area contributed by atoms with Crippen LogP contribution in [0.15, 0.2) is 12.7 Å². The first-order valence-electron chi connectivity index (χ1n) is 6.02. The van der Waals surface area contributed by atoms with Crippen LogP contribution in [0.1, 0.15) is 38.5 Å². The van der Waals surface area contributed by atoms with Gasteiger partial charge >= 0.3 is 0 Å². The van der Waals surface area contributed by atoms with Gasteiger partial charge in [0.15, 0.2) is 0 Å². The van der Waals surface area contributed by atoms with Gasteiger partial charge in [-0.05, 0) is 55.3 Å². The Morgan fingerprint density at radius 1 is 0.923 bits per heavy atom. The van der Waals surface area contributed by atoms with Gasteiger partial charge in [0, 0.05) is 0 Å². The Labute approximate surface area is 81.4 Å². The first-order valence-corrected chi connectivity index (χ1v) is 6.02. The molecule has 2 bridgehead atoms. The lowest BCUT2D eigenvalue weighted by Gasteiger charge is -2.38. The van der Waals surface area contributed by atoms with Crippen molar-refractivity contribution in [3.8, 4) is 0 Å². The monoisotopic (exact) mass is 176 g/mol. The third kappa shape index (κ3) is 1.04. The lowest BCUT2D eigenvalue weighted by Crippen LogP contribution is -2.29. The van der Waals surface area contributed by atoms with Gasteiger partial charge in [0.1, 0.15) is 0 Å². The Morgan fingerprint density at radius 3 is 2.46 bits per heavy atom. The number of hydrogen-bond acceptors (Lipinski definition) is 0. The Kier molecular flexibility index (Phi) is 1.78. The molecule has 13 heavy (non-hydrogen) atoms. The van der Waals surface area contributed by atoms with E-state index in [0.29, 0.717) is 0 Å². The smallest absolute Gasteiger partial charge is 0.0202 e. The minimum absolute atomic E-state index is 0.893. The van der Waals surface area contributed by atoms with E-state index in [1.165, 1.54) is 25.7 Å². The summed E-state index contributed by atoms with van der Waals surface area (Å²) in [6, 6.07) is 0. The lowest BCUT2D eigenvalue weighted by molar-refractivity contribution is 0.133. The van der Waals surface area contributed by atoms with Crippen molar-refractivity contribution in [1.29, 1.82) is 0 Å². The van der Waals surface area contributed by atoms with Crippen molar-refractivity contribution in [2.45, 2.75) is 38.5 Å². The molecule has 0 aromatic heterocycles. The Hall–Kier alpha value is -0.260. The molecule has 3 saturated carbocycles. The van der Waals surface area contributed by atoms with Crippen LogP contribution in [-0.4, -0.2) is 0 Å². The van der Waals surface area contributed by atoms with E-state index in [0.717, 1.165) is 29.6 Å². The quantitative estimate of drug-likeness (QED) is 0.535. The first-order chi connectivity index (χ1) is 6.40. The van der Waals surface area contributed by atoms with Crippen molar-refractivity contribution in [2.24, 2.45) is 29.6 Å². The van der Waals surface area contributed by atoms with Gasteiger partial charge in [0.05, 0.1) is 0 Å². The first kappa shape index (κ1) is 8.08. The molecule has 0 aromatic rings. The normalized spacial score (nSPS) is 53.4. The summed E-state index contributed by atoms with van der Waals surface area (Å²) in [7, 11) is 0. The second kappa shape index (κ2) is 2.87. The molecule has 0 nitrogen and oxygen atoms in total. The Bertz CT molecular complexity index is 218. The molecule has 0 aliphatic heterocycles. The molecule has 5 atom stereocenters. The van der Waals surface area contributed by atoms with E-state index in [9.17, 15) is 0 Å². The molecular weight excluding hydrogens is 156 g/mol. The van der Waals surface area contributed by atoms with Crippen molar-refractivity contribution in [3.63, 3.8) is 0 Å². The predicted molar refractivity (Wildman–Crippen MR) is 55.3 cm³/mol. The van der Waals surface area contributed by atoms with Crippen LogP contribution in [0.5, 0.6) is 0 Å². The SMILES string of the molecule is C=C[C@H]1C[C@H]2CC1C1CCCCC12. The zero-order valence-corrected chi connectivity index (χ0v) is 8.41. The predicted octanol–water partition coefficient (Wildman–Crippen LogP) is 3.63. The molecule has 0 radical (unpaired) electrons. The van der Waals surface area contributed by atoms with E-state index in [2.05, 4.69) is 12.7 Å². The minimum atomic E-state index is 0.893. The number of rotatable bonds is 1. The fourth-order valence-corrected chi connectivity index (χ4v) is 4.56. The van der Waals surface area contributed by atoms with Crippen LogP contribution >= 0.6 is 0 Å². The van der Waals surface area contributed by atoms with Crippen LogP contribution in [0, 0.1) is 29.6 Å². The molecule has 0 heteroatoms. The minimum Gasteiger partial charge on any atom is -0.103 e. The Morgan fingerprint density at radius 2 is 1.69 bits per heavy atom. The molecule has 0 N–H and O–H groups in total. The second-order valence-electron chi connectivity index (χ2n) is 5.41. The third-order valence-corrected chi connectivity index (χ3v) is 5.03. The molecule has 0 aromatic carbocycles. The Balaban J connectivity index is 1.83. The molecule has 3 unspecified atom stereocenters. The van der Waals surface area contributed by atoms with Crippen molar-refractivity contribution in [2.75, 3.05) is 0 Å². The summed E-state index contributed by atoms with van der Waals surface area (Å²) in [6.45, 7) is 4.00. The largest absolute Gasteiger partial charge is 0.103 e. The van der Waals surface area contributed by atoms with Crippen molar-refractivity contribution >= 4 is 0 Å². The van der Waals surface area contributed by atoms with E-state index >= 15 is 0 Å². The average molecular weight is 176 g/mol. The van der Waals surface area contributed by atoms with Gasteiger partial charge in [-0.15, -0.1) is 6.58 Å². The molecule has 0 amide bonds. The maximum atomic E-state index is 4.00. The summed E-state index contributed by atoms with van der Waals surface area (Å²) in [6.07, 6.45) is 11.4. The van der Waals surface area contributed by atoms with Crippen molar-refractivity contribution in [1.82, 2.24) is 0 Å². The fourth-order valence-electron chi connectivity index (χ4n) is 4.56. The highest BCUT2D eigenvalue weighted by Gasteiger charge is 2.51. The van der Waals surface area contributed by atoms with E-state index in [1.807, 2.05) is 0 Å². The summed E-state index contributed by atoms with van der Waals surface area (Å²) in [5, 5.41) is 0. The van der Waals surface area contributed by atoms with Crippen LogP contribution < -0.4 is 0 Å². The van der Waals surface area contributed by atoms with Gasteiger partial charge in [0.25, 0.3) is 0 Å². The zero-order chi connectivity index (χ0) is 8.84. The van der Waals surface area contributed by atoms with Gasteiger partial charge in [-0.25, -0.2) is 0 Å². The van der Waals surface area contributed by atoms with Crippen LogP contribution in [0.2, 0.25) is 0 Å². The molecule has 0 heterocycles. The highest BCUT2D eigenvalue weighted by Crippen LogP contribution is 2.59. The maximum absolute atomic E-state index is 4.00. The fraction of sp³-hybridized carbons (Fsp3) is 0.846. The summed E-state index contributed by atoms with van der Waals surface area (Å²) >= 11 is 0. The van der Waals surface area contributed by atoms with Gasteiger partial charge < -0.3 is 0 Å². The summed E-state index contributed by atoms with van der Waals surface area (Å²) in [5.74, 6) is 5.28. The number of hydrogen-bond donors (Lipinski definition) is 0. The number of fused-ring (bicyclic) bond motifs is 5. The van der Waals surface area contributed by atoms with E-state index in [-0.39, 0.29) is 0 Å². The molecule has 0 saturated heterocycles. The van der Waals surface area contributed by atoms with Gasteiger partial charge in [-0.2, -0.15) is 0 Å². The van der Waals surface area contributed by atoms with Gasteiger partial charge in [-0.3, -0.25) is 0 Å². The van der Waals surface area contributed by atoms with Crippen LogP contribution in [0.3, 0.4) is 0 Å². The molecule has 3 rings (SSSR count). The summed E-state index contributed by atoms with van der Waals surface area (Å²) in [5.41, 5.74) is 0. The molecule has 72 valence electrons. The van der Waals surface area contributed by atoms with Crippen LogP contribution in [0.25, 0.3) is 0 Å². The summed E-state index contributed by atoms with van der Waals surface area (Å²) < 4.78 is 0. The zero-order valence-electron chi connectivity index (χ0n) is 8.41. The maximum Gasteiger partial charge on any atom is -0.0202 e. The van der Waals surface area contributed by atoms with Gasteiger partial charge in [-0.1, -0.05) is 18.9 Å². The molecule has 3 fully saturated rings. The standard InChI is InChI=1S/C13H20/c1-2-9-7-10-8-13(9)12-6-4-3-5-11(10)12/h2,9-13H,1,3-8H2/t9-,10-,11?,12?,13?/m0/s1. The van der Waals surface area contributed by atoms with E-state index < -0.39 is 0 Å². The van der Waals surface area contributed by atoms with Crippen molar-refractivity contribution in [3.05, 3.63) is 12.7 Å². The van der Waals surface area contributed by atoms with E-state index in [1.54, 1.807) is 12.8 Å². The molecule has 0 spiro atoms. The molecule has 3 aliphatic carbocycles. The summed E-state index contributed by atoms with van der Waals surface area (Å²) in [4.78, 5) is 0. The van der Waals surface area contributed by atoms with Crippen LogP contribution in [-0.2, 0) is 0 Å². The van der Waals surface area contributed by atoms with Crippen molar-refractivity contribution < 1.29 is 0 Å². The highest BCUT2D eigenvalue weighted by atomic mass is 14.6. The highest BCUT2D eigenvalue weighted by molar-refractivity contribution is 5.05. The average Bonchev–Trinajstić information content (AvgIpc) is 2.75. The number of allylic oxidation sites excluding steroid dienone is 1. The second-order valence-corrected chi connectivity index (χ2v) is 5.41. The molecule has 3 aliphatic rings. The topological polar surface area (TPSA) is 0 Å². The van der Waals surface area contributed by atoms with Crippen LogP contribution in [0.4, 0.5) is 0 Å². The lowest BCUT2D eigenvalue weighted by atomic mass is 9.67. The van der Waals surface area contributed by atoms with Gasteiger partial charge in [0.2, 0.25) is 0 Å². The van der Waals surface area contributed by atoms with E-state index in [4.69, 9.17) is 0 Å².